The average Bonchev–Trinajstić information content (AvgIpc) is 2.80. The summed E-state index contributed by atoms with van der Waals surface area (Å²) in [6, 6.07) is 11.0. The van der Waals surface area contributed by atoms with Crippen molar-refractivity contribution in [3.05, 3.63) is 69.3 Å². The predicted molar refractivity (Wildman–Crippen MR) is 137 cm³/mol. The molecule has 0 radical (unpaired) electrons. The van der Waals surface area contributed by atoms with E-state index in [-0.39, 0.29) is 18.2 Å². The van der Waals surface area contributed by atoms with E-state index >= 15 is 0 Å². The van der Waals surface area contributed by atoms with Crippen LogP contribution in [0.4, 0.5) is 16.2 Å². The van der Waals surface area contributed by atoms with E-state index in [1.54, 1.807) is 55.3 Å². The van der Waals surface area contributed by atoms with Crippen LogP contribution in [0.5, 0.6) is 0 Å². The molecule has 180 valence electrons. The van der Waals surface area contributed by atoms with Crippen molar-refractivity contribution >= 4 is 63.9 Å². The first-order valence-electron chi connectivity index (χ1n) is 10.3. The second-order valence-corrected chi connectivity index (χ2v) is 8.55. The van der Waals surface area contributed by atoms with Crippen LogP contribution in [0.25, 0.3) is 0 Å². The Morgan fingerprint density at radius 3 is 2.62 bits per heavy atom. The molecule has 3 N–H and O–H groups in total. The molecule has 0 fully saturated rings. The van der Waals surface area contributed by atoms with Gasteiger partial charge >= 0.3 is 12.0 Å². The Hall–Kier alpha value is -2.85. The number of nitrogens with one attached hydrogen (secondary N) is 3. The summed E-state index contributed by atoms with van der Waals surface area (Å²) in [5.74, 6) is -0.479. The highest BCUT2D eigenvalue weighted by atomic mass is 35.5. The SMILES string of the molecule is COCCOC(=O)C1=C(C)N(C)C(=S)NC1c1cccc(NC(=O)Nc2cccc(Cl)c2Cl)c1. The lowest BCUT2D eigenvalue weighted by atomic mass is 9.95. The third-order valence-corrected chi connectivity index (χ3v) is 6.38. The van der Waals surface area contributed by atoms with Gasteiger partial charge in [0.2, 0.25) is 0 Å². The van der Waals surface area contributed by atoms with Crippen LogP contribution in [0.3, 0.4) is 0 Å². The molecule has 0 aliphatic carbocycles. The Kier molecular flexibility index (Phi) is 8.73. The zero-order valence-corrected chi connectivity index (χ0v) is 21.1. The van der Waals surface area contributed by atoms with Gasteiger partial charge in [0.25, 0.3) is 0 Å². The number of carbonyl (C=O) groups excluding carboxylic acids is 2. The van der Waals surface area contributed by atoms with Crippen molar-refractivity contribution in [1.82, 2.24) is 10.2 Å². The van der Waals surface area contributed by atoms with Gasteiger partial charge in [0.15, 0.2) is 5.11 Å². The number of nitrogens with zero attached hydrogens (tertiary/aromatic N) is 1. The van der Waals surface area contributed by atoms with E-state index in [9.17, 15) is 9.59 Å². The zero-order chi connectivity index (χ0) is 24.8. The summed E-state index contributed by atoms with van der Waals surface area (Å²) in [6.07, 6.45) is 0. The Balaban J connectivity index is 1.83. The fourth-order valence-electron chi connectivity index (χ4n) is 3.33. The third kappa shape index (κ3) is 5.98. The molecule has 34 heavy (non-hydrogen) atoms. The van der Waals surface area contributed by atoms with Gasteiger partial charge in [-0.05, 0) is 49.0 Å². The largest absolute Gasteiger partial charge is 0.460 e. The first kappa shape index (κ1) is 25.8. The van der Waals surface area contributed by atoms with Gasteiger partial charge in [0, 0.05) is 25.5 Å². The molecule has 0 bridgehead atoms. The summed E-state index contributed by atoms with van der Waals surface area (Å²) in [5, 5.41) is 9.64. The quantitative estimate of drug-likeness (QED) is 0.268. The molecule has 0 saturated carbocycles. The summed E-state index contributed by atoms with van der Waals surface area (Å²) in [4.78, 5) is 27.1. The molecule has 1 aliphatic rings. The standard InChI is InChI=1S/C23H24Cl2N4O4S/c1-13-18(21(30)33-11-10-32-3)20(28-23(34)29(13)2)14-6-4-7-15(12-14)26-22(31)27-17-9-5-8-16(24)19(17)25/h4-9,12,20H,10-11H2,1-3H3,(H,28,34)(H2,26,27,31). The van der Waals surface area contributed by atoms with Crippen molar-refractivity contribution in [2.45, 2.75) is 13.0 Å². The number of methoxy groups -OCH3 is 1. The van der Waals surface area contributed by atoms with E-state index in [1.165, 1.54) is 7.11 Å². The molecule has 0 saturated heterocycles. The molecular formula is C23H24Cl2N4O4S. The number of hydrogen-bond donors (Lipinski definition) is 3. The van der Waals surface area contributed by atoms with Crippen LogP contribution in [0.1, 0.15) is 18.5 Å². The van der Waals surface area contributed by atoms with Gasteiger partial charge in [-0.15, -0.1) is 0 Å². The van der Waals surface area contributed by atoms with Gasteiger partial charge in [-0.3, -0.25) is 0 Å². The number of rotatable bonds is 7. The lowest BCUT2D eigenvalue weighted by Crippen LogP contribution is -2.46. The first-order chi connectivity index (χ1) is 16.2. The molecule has 8 nitrogen and oxygen atoms in total. The van der Waals surface area contributed by atoms with E-state index in [1.807, 2.05) is 6.07 Å². The molecule has 3 rings (SSSR count). The van der Waals surface area contributed by atoms with Crippen molar-refractivity contribution in [3.8, 4) is 0 Å². The Morgan fingerprint density at radius 2 is 1.88 bits per heavy atom. The van der Waals surface area contributed by atoms with E-state index in [0.717, 1.165) is 0 Å². The fraction of sp³-hybridized carbons (Fsp3) is 0.261. The molecule has 2 amide bonds. The molecule has 1 aliphatic heterocycles. The summed E-state index contributed by atoms with van der Waals surface area (Å²) in [6.45, 7) is 2.22. The Labute approximate surface area is 213 Å². The van der Waals surface area contributed by atoms with Gasteiger partial charge < -0.3 is 30.3 Å². The molecule has 2 aromatic carbocycles. The molecule has 0 aromatic heterocycles. The third-order valence-electron chi connectivity index (χ3n) is 5.17. The highest BCUT2D eigenvalue weighted by Gasteiger charge is 2.33. The summed E-state index contributed by atoms with van der Waals surface area (Å²) in [7, 11) is 3.30. The summed E-state index contributed by atoms with van der Waals surface area (Å²) < 4.78 is 10.3. The number of ether oxygens (including phenoxy) is 2. The van der Waals surface area contributed by atoms with Crippen molar-refractivity contribution < 1.29 is 19.1 Å². The predicted octanol–water partition coefficient (Wildman–Crippen LogP) is 4.96. The second-order valence-electron chi connectivity index (χ2n) is 7.38. The van der Waals surface area contributed by atoms with Crippen LogP contribution < -0.4 is 16.0 Å². The minimum atomic E-state index is -0.564. The Bertz CT molecular complexity index is 1140. The number of benzene rings is 2. The first-order valence-corrected chi connectivity index (χ1v) is 11.4. The molecule has 1 unspecified atom stereocenters. The van der Waals surface area contributed by atoms with Gasteiger partial charge in [-0.2, -0.15) is 0 Å². The molecule has 11 heteroatoms. The van der Waals surface area contributed by atoms with Gasteiger partial charge in [0.1, 0.15) is 6.61 Å². The average molecular weight is 523 g/mol. The van der Waals surface area contributed by atoms with E-state index in [0.29, 0.717) is 38.3 Å². The van der Waals surface area contributed by atoms with Crippen LogP contribution >= 0.6 is 35.4 Å². The smallest absolute Gasteiger partial charge is 0.338 e. The number of amides is 2. The number of urea groups is 1. The lowest BCUT2D eigenvalue weighted by Gasteiger charge is -2.35. The normalized spacial score (nSPS) is 15.6. The van der Waals surface area contributed by atoms with Crippen LogP contribution in [-0.4, -0.2) is 49.4 Å². The van der Waals surface area contributed by atoms with Gasteiger partial charge in [-0.1, -0.05) is 41.4 Å². The van der Waals surface area contributed by atoms with Crippen molar-refractivity contribution in [2.75, 3.05) is 38.0 Å². The van der Waals surface area contributed by atoms with Crippen molar-refractivity contribution in [1.29, 1.82) is 0 Å². The highest BCUT2D eigenvalue weighted by Crippen LogP contribution is 2.32. The second kappa shape index (κ2) is 11.5. The minimum absolute atomic E-state index is 0.126. The number of hydrogen-bond acceptors (Lipinski definition) is 5. The van der Waals surface area contributed by atoms with Gasteiger partial charge in [0.05, 0.1) is 34.0 Å². The van der Waals surface area contributed by atoms with Crippen molar-refractivity contribution in [3.63, 3.8) is 0 Å². The van der Waals surface area contributed by atoms with Crippen LogP contribution in [0, 0.1) is 0 Å². The molecular weight excluding hydrogens is 499 g/mol. The van der Waals surface area contributed by atoms with E-state index < -0.39 is 18.0 Å². The lowest BCUT2D eigenvalue weighted by molar-refractivity contribution is -0.140. The maximum absolute atomic E-state index is 12.9. The molecule has 0 spiro atoms. The van der Waals surface area contributed by atoms with Crippen LogP contribution in [0.15, 0.2) is 53.7 Å². The van der Waals surface area contributed by atoms with E-state index in [4.69, 9.17) is 44.9 Å². The maximum Gasteiger partial charge on any atom is 0.338 e. The van der Waals surface area contributed by atoms with E-state index in [2.05, 4.69) is 16.0 Å². The number of allylic oxidation sites excluding steroid dienone is 1. The molecule has 1 atom stereocenters. The molecule has 1 heterocycles. The van der Waals surface area contributed by atoms with Crippen LogP contribution in [-0.2, 0) is 14.3 Å². The number of carbonyl (C=O) groups is 2. The topological polar surface area (TPSA) is 91.9 Å². The van der Waals surface area contributed by atoms with Gasteiger partial charge in [-0.25, -0.2) is 9.59 Å². The number of esters is 1. The maximum atomic E-state index is 12.9. The zero-order valence-electron chi connectivity index (χ0n) is 18.8. The summed E-state index contributed by atoms with van der Waals surface area (Å²) >= 11 is 17.6. The molecule has 2 aromatic rings. The number of anilines is 2. The number of thiocarbonyl (C=S) groups is 1. The fourth-order valence-corrected chi connectivity index (χ4v) is 3.93. The minimum Gasteiger partial charge on any atom is -0.460 e. The van der Waals surface area contributed by atoms with Crippen molar-refractivity contribution in [2.24, 2.45) is 0 Å². The monoisotopic (exact) mass is 522 g/mol. The Morgan fingerprint density at radius 1 is 1.15 bits per heavy atom. The number of halogens is 2. The van der Waals surface area contributed by atoms with Crippen LogP contribution in [0.2, 0.25) is 10.0 Å². The highest BCUT2D eigenvalue weighted by molar-refractivity contribution is 7.80. The summed E-state index contributed by atoms with van der Waals surface area (Å²) in [5.41, 5.74) is 2.68.